The normalized spacial score (nSPS) is 10.9. The summed E-state index contributed by atoms with van der Waals surface area (Å²) in [4.78, 5) is 26.6. The van der Waals surface area contributed by atoms with Gasteiger partial charge in [-0.15, -0.1) is 0 Å². The number of amides is 1. The van der Waals surface area contributed by atoms with Crippen molar-refractivity contribution in [2.75, 3.05) is 6.54 Å². The number of nitrogens with zero attached hydrogens (tertiary/aromatic N) is 3. The van der Waals surface area contributed by atoms with Gasteiger partial charge in [-0.05, 0) is 12.3 Å². The Morgan fingerprint density at radius 2 is 2.04 bits per heavy atom. The zero-order valence-corrected chi connectivity index (χ0v) is 15.5. The van der Waals surface area contributed by atoms with Gasteiger partial charge in [0.1, 0.15) is 17.8 Å². The minimum absolute atomic E-state index is 0.00546. The maximum Gasteiger partial charge on any atom is 0.322 e. The molecule has 2 aromatic heterocycles. The van der Waals surface area contributed by atoms with E-state index in [0.717, 1.165) is 6.42 Å². The van der Waals surface area contributed by atoms with Crippen LogP contribution in [0.15, 0.2) is 0 Å². The van der Waals surface area contributed by atoms with Crippen LogP contribution < -0.4 is 5.32 Å². The van der Waals surface area contributed by atoms with Gasteiger partial charge in [0, 0.05) is 6.54 Å². The maximum absolute atomic E-state index is 12.1. The Balaban J connectivity index is 2.66. The maximum atomic E-state index is 12.1. The molecule has 0 saturated heterocycles. The van der Waals surface area contributed by atoms with Gasteiger partial charge in [0.15, 0.2) is 17.1 Å². The molecule has 0 unspecified atom stereocenters. The van der Waals surface area contributed by atoms with E-state index in [1.165, 1.54) is 0 Å². The number of hydrogen-bond acceptors (Lipinski definition) is 5. The van der Waals surface area contributed by atoms with Crippen molar-refractivity contribution in [3.63, 3.8) is 0 Å². The van der Waals surface area contributed by atoms with Crippen LogP contribution in [0.5, 0.6) is 5.75 Å². The number of nitriles is 1. The molecular formula is C16H16Cl2N4O4. The molecule has 1 amide bonds. The highest BCUT2D eigenvalue weighted by atomic mass is 35.5. The molecule has 0 aliphatic heterocycles. The first-order chi connectivity index (χ1) is 12.2. The summed E-state index contributed by atoms with van der Waals surface area (Å²) < 4.78 is 1.57. The average molecular weight is 399 g/mol. The van der Waals surface area contributed by atoms with Crippen molar-refractivity contribution in [3.05, 3.63) is 21.6 Å². The summed E-state index contributed by atoms with van der Waals surface area (Å²) >= 11 is 12.5. The standard InChI is InChI=1S/C16H16Cl2N4O4/c1-7(2)3-4-22-13-8(5-19)21-12(16(26)20-6-9(23)24)14(25)10(13)11(17)15(22)18/h7,25H,3-4,6H2,1-2H3,(H,20,26)(H,23,24). The van der Waals surface area contributed by atoms with Crippen molar-refractivity contribution in [1.29, 1.82) is 5.26 Å². The van der Waals surface area contributed by atoms with Crippen LogP contribution in [0.25, 0.3) is 10.9 Å². The summed E-state index contributed by atoms with van der Waals surface area (Å²) in [6.45, 7) is 3.82. The highest BCUT2D eigenvalue weighted by molar-refractivity contribution is 6.46. The Kier molecular flexibility index (Phi) is 5.95. The van der Waals surface area contributed by atoms with Crippen LogP contribution in [-0.4, -0.2) is 38.2 Å². The van der Waals surface area contributed by atoms with Crippen LogP contribution in [0, 0.1) is 17.2 Å². The highest BCUT2D eigenvalue weighted by Crippen LogP contribution is 2.41. The first-order valence-corrected chi connectivity index (χ1v) is 8.44. The van der Waals surface area contributed by atoms with Crippen molar-refractivity contribution in [2.24, 2.45) is 5.92 Å². The number of carboxylic acid groups (broad SMARTS) is 1. The van der Waals surface area contributed by atoms with E-state index in [1.54, 1.807) is 4.57 Å². The van der Waals surface area contributed by atoms with E-state index in [-0.39, 0.29) is 26.8 Å². The molecule has 0 radical (unpaired) electrons. The summed E-state index contributed by atoms with van der Waals surface area (Å²) in [5.74, 6) is -2.40. The fourth-order valence-corrected chi connectivity index (χ4v) is 2.97. The second kappa shape index (κ2) is 7.81. The average Bonchev–Trinajstić information content (AvgIpc) is 2.83. The van der Waals surface area contributed by atoms with E-state index in [4.69, 9.17) is 28.3 Å². The number of nitrogens with one attached hydrogen (secondary N) is 1. The van der Waals surface area contributed by atoms with Gasteiger partial charge in [-0.2, -0.15) is 5.26 Å². The molecule has 138 valence electrons. The second-order valence-corrected chi connectivity index (χ2v) is 6.74. The third-order valence-electron chi connectivity index (χ3n) is 3.70. The zero-order chi connectivity index (χ0) is 19.6. The number of fused-ring (bicyclic) bond motifs is 1. The van der Waals surface area contributed by atoms with Crippen LogP contribution in [0.4, 0.5) is 0 Å². The predicted molar refractivity (Wildman–Crippen MR) is 95.6 cm³/mol. The number of carbonyl (C=O) groups excluding carboxylic acids is 1. The van der Waals surface area contributed by atoms with Crippen LogP contribution in [0.2, 0.25) is 10.2 Å². The van der Waals surface area contributed by atoms with Crippen molar-refractivity contribution in [3.8, 4) is 11.8 Å². The number of aliphatic carboxylic acids is 1. The largest absolute Gasteiger partial charge is 0.505 e. The zero-order valence-electron chi connectivity index (χ0n) is 14.0. The van der Waals surface area contributed by atoms with E-state index >= 15 is 0 Å². The minimum Gasteiger partial charge on any atom is -0.505 e. The lowest BCUT2D eigenvalue weighted by atomic mass is 10.1. The first-order valence-electron chi connectivity index (χ1n) is 7.69. The molecule has 0 spiro atoms. The second-order valence-electron chi connectivity index (χ2n) is 6.01. The lowest BCUT2D eigenvalue weighted by Crippen LogP contribution is -2.30. The number of carbonyl (C=O) groups is 2. The summed E-state index contributed by atoms with van der Waals surface area (Å²) in [5.41, 5.74) is -0.402. The minimum atomic E-state index is -1.26. The molecule has 2 rings (SSSR count). The van der Waals surface area contributed by atoms with Gasteiger partial charge < -0.3 is 20.1 Å². The molecular weight excluding hydrogens is 383 g/mol. The summed E-state index contributed by atoms with van der Waals surface area (Å²) in [6, 6.07) is 1.87. The molecule has 0 atom stereocenters. The molecule has 8 nitrogen and oxygen atoms in total. The van der Waals surface area contributed by atoms with Crippen molar-refractivity contribution in [1.82, 2.24) is 14.9 Å². The van der Waals surface area contributed by atoms with Crippen LogP contribution in [0.3, 0.4) is 0 Å². The van der Waals surface area contributed by atoms with Crippen LogP contribution in [-0.2, 0) is 11.3 Å². The summed E-state index contributed by atoms with van der Waals surface area (Å²) in [5, 5.41) is 30.8. The number of pyridine rings is 1. The fraction of sp³-hybridized carbons (Fsp3) is 0.375. The van der Waals surface area contributed by atoms with E-state index in [0.29, 0.717) is 12.5 Å². The van der Waals surface area contributed by atoms with Gasteiger partial charge in [0.2, 0.25) is 0 Å². The molecule has 0 saturated carbocycles. The summed E-state index contributed by atoms with van der Waals surface area (Å²) in [7, 11) is 0. The van der Waals surface area contributed by atoms with Crippen molar-refractivity contribution in [2.45, 2.75) is 26.8 Å². The smallest absolute Gasteiger partial charge is 0.322 e. The SMILES string of the molecule is CC(C)CCn1c(Cl)c(Cl)c2c(O)c(C(=O)NCC(=O)O)nc(C#N)c21. The molecule has 0 fully saturated rings. The quantitative estimate of drug-likeness (QED) is 0.685. The third-order valence-corrected chi connectivity index (χ3v) is 4.56. The lowest BCUT2D eigenvalue weighted by molar-refractivity contribution is -0.135. The Bertz CT molecular complexity index is 931. The number of aromatic nitrogens is 2. The Hall–Kier alpha value is -2.50. The van der Waals surface area contributed by atoms with E-state index in [2.05, 4.69) is 10.3 Å². The fourth-order valence-electron chi connectivity index (χ4n) is 2.43. The highest BCUT2D eigenvalue weighted by Gasteiger charge is 2.27. The molecule has 0 aliphatic rings. The molecule has 10 heteroatoms. The lowest BCUT2D eigenvalue weighted by Gasteiger charge is -2.11. The first kappa shape index (κ1) is 19.8. The Morgan fingerprint density at radius 3 is 2.58 bits per heavy atom. The third kappa shape index (κ3) is 3.69. The number of aromatic hydroxyl groups is 1. The van der Waals surface area contributed by atoms with Gasteiger partial charge in [0.05, 0.1) is 15.9 Å². The van der Waals surface area contributed by atoms with E-state index in [9.17, 15) is 20.0 Å². The number of aryl methyl sites for hydroxylation is 1. The number of hydrogen-bond donors (Lipinski definition) is 3. The van der Waals surface area contributed by atoms with Gasteiger partial charge in [-0.1, -0.05) is 37.0 Å². The van der Waals surface area contributed by atoms with Crippen molar-refractivity contribution >= 4 is 46.0 Å². The summed E-state index contributed by atoms with van der Waals surface area (Å²) in [6.07, 6.45) is 0.742. The van der Waals surface area contributed by atoms with Gasteiger partial charge in [0.25, 0.3) is 5.91 Å². The Labute approximate surface area is 158 Å². The molecule has 2 heterocycles. The predicted octanol–water partition coefficient (Wildman–Crippen LogP) is 2.78. The van der Waals surface area contributed by atoms with Gasteiger partial charge >= 0.3 is 5.97 Å². The van der Waals surface area contributed by atoms with Crippen molar-refractivity contribution < 1.29 is 19.8 Å². The van der Waals surface area contributed by atoms with Gasteiger partial charge in [-0.3, -0.25) is 9.59 Å². The van der Waals surface area contributed by atoms with Gasteiger partial charge in [-0.25, -0.2) is 4.98 Å². The van der Waals surface area contributed by atoms with Crippen LogP contribution in [0.1, 0.15) is 36.5 Å². The monoisotopic (exact) mass is 398 g/mol. The Morgan fingerprint density at radius 1 is 1.38 bits per heavy atom. The molecule has 0 bridgehead atoms. The van der Waals surface area contributed by atoms with E-state index < -0.39 is 29.9 Å². The topological polar surface area (TPSA) is 128 Å². The number of halogens is 2. The van der Waals surface area contributed by atoms with E-state index in [1.807, 2.05) is 19.9 Å². The molecule has 0 aliphatic carbocycles. The molecule has 2 aromatic rings. The molecule has 26 heavy (non-hydrogen) atoms. The number of carboxylic acids is 1. The van der Waals surface area contributed by atoms with Crippen LogP contribution >= 0.6 is 23.2 Å². The number of rotatable bonds is 6. The molecule has 3 N–H and O–H groups in total. The molecule has 0 aromatic carbocycles.